The van der Waals surface area contributed by atoms with Crippen LogP contribution in [-0.4, -0.2) is 25.7 Å². The summed E-state index contributed by atoms with van der Waals surface area (Å²) in [6, 6.07) is 0. The van der Waals surface area contributed by atoms with Crippen LogP contribution >= 0.6 is 0 Å². The molecule has 0 N–H and O–H groups in total. The Bertz CT molecular complexity index is 140. The minimum absolute atomic E-state index is 0.722. The van der Waals surface area contributed by atoms with Gasteiger partial charge in [-0.2, -0.15) is 0 Å². The summed E-state index contributed by atoms with van der Waals surface area (Å²) in [6.45, 7) is 9.94. The van der Waals surface area contributed by atoms with E-state index in [1.165, 1.54) is 12.8 Å². The molecule has 0 aliphatic carbocycles. The zero-order chi connectivity index (χ0) is 11.4. The molecular weight excluding hydrogens is 283 g/mol. The van der Waals surface area contributed by atoms with Crippen molar-refractivity contribution < 1.29 is 9.90 Å². The van der Waals surface area contributed by atoms with E-state index in [1.54, 1.807) is 13.3 Å². The molecule has 0 saturated carbocycles. The monoisotopic (exact) mass is 306 g/mol. The van der Waals surface area contributed by atoms with Gasteiger partial charge < -0.3 is 9.90 Å². The number of carboxylic acids is 1. The molecule has 0 saturated heterocycles. The molecule has 0 aromatic rings. The van der Waals surface area contributed by atoms with Crippen molar-refractivity contribution in [3.63, 3.8) is 0 Å². The molecule has 0 unspecified atom stereocenters. The average molecular weight is 305 g/mol. The number of hydrogen-bond donors (Lipinski definition) is 0. The van der Waals surface area contributed by atoms with Gasteiger partial charge in [0.25, 0.3) is 0 Å². The average Bonchev–Trinajstić information content (AvgIpc) is 2.18. The van der Waals surface area contributed by atoms with Crippen LogP contribution in [0.25, 0.3) is 0 Å². The molecule has 2 nitrogen and oxygen atoms in total. The summed E-state index contributed by atoms with van der Waals surface area (Å²) in [5, 5.41) is 9.14. The third kappa shape index (κ3) is 14.5. The predicted molar refractivity (Wildman–Crippen MR) is 61.6 cm³/mol. The van der Waals surface area contributed by atoms with Crippen LogP contribution < -0.4 is 5.11 Å². The third-order valence-corrected chi connectivity index (χ3v) is 11.6. The molecule has 0 rings (SSSR count). The summed E-state index contributed by atoms with van der Waals surface area (Å²) in [6.07, 6.45) is 3.62. The zero-order valence-corrected chi connectivity index (χ0v) is 12.5. The molecule has 0 fully saturated rings. The van der Waals surface area contributed by atoms with Gasteiger partial charge in [0.15, 0.2) is 0 Å². The van der Waals surface area contributed by atoms with Crippen molar-refractivity contribution in [3.8, 4) is 0 Å². The van der Waals surface area contributed by atoms with Gasteiger partial charge in [0, 0.05) is 0 Å². The Morgan fingerprint density at radius 2 is 1.64 bits per heavy atom. The molecule has 0 aromatic heterocycles. The Labute approximate surface area is 95.1 Å². The van der Waals surface area contributed by atoms with Crippen molar-refractivity contribution in [2.24, 2.45) is 0 Å². The van der Waals surface area contributed by atoms with Gasteiger partial charge in [0.05, 0.1) is 5.97 Å². The van der Waals surface area contributed by atoms with Crippen LogP contribution in [-0.2, 0) is 4.79 Å². The minimum atomic E-state index is -1.23. The number of carboxylic acid groups (broad SMARTS) is 1. The fourth-order valence-electron chi connectivity index (χ4n) is 1.19. The van der Waals surface area contributed by atoms with Crippen LogP contribution in [0.4, 0.5) is 0 Å². The van der Waals surface area contributed by atoms with Crippen LogP contribution in [0, 0.1) is 0 Å². The summed E-state index contributed by atoms with van der Waals surface area (Å²) in [7, 11) is 0. The van der Waals surface area contributed by atoms with Gasteiger partial charge in [-0.1, -0.05) is 6.58 Å². The van der Waals surface area contributed by atoms with Crippen molar-refractivity contribution in [2.45, 2.75) is 46.9 Å². The first-order valence-corrected chi connectivity index (χ1v) is 11.3. The van der Waals surface area contributed by atoms with Crippen molar-refractivity contribution >= 4 is 25.7 Å². The predicted octanol–water partition coefficient (Wildman–Crippen LogP) is 2.24. The summed E-state index contributed by atoms with van der Waals surface area (Å²) >= 11 is -0.723. The van der Waals surface area contributed by atoms with Crippen molar-refractivity contribution in [2.75, 3.05) is 0 Å². The maximum atomic E-state index is 9.14. The summed E-state index contributed by atoms with van der Waals surface area (Å²) in [5.74, 6) is -1.23. The van der Waals surface area contributed by atoms with Gasteiger partial charge >= 0.3 is 66.7 Å². The van der Waals surface area contributed by atoms with Crippen LogP contribution in [0.2, 0.25) is 13.3 Å². The van der Waals surface area contributed by atoms with E-state index >= 15 is 0 Å². The number of hydrogen-bond acceptors (Lipinski definition) is 2. The molecule has 0 amide bonds. The number of rotatable bonds is 6. The van der Waals surface area contributed by atoms with Gasteiger partial charge in [-0.25, -0.2) is 0 Å². The van der Waals surface area contributed by atoms with E-state index in [0.29, 0.717) is 0 Å². The molecule has 82 valence electrons. The van der Waals surface area contributed by atoms with E-state index in [1.807, 2.05) is 0 Å². The standard InChI is InChI=1S/C3H4O2.2C3H7.C2H5.Sn/c1-2-3(4)5;2*1-3-2;1-2;/h2H,1H2,(H,4,5);2*1,3H2,2H3;1H2,2H3;/q;;;;+1/p-1. The Balaban J connectivity index is 0. The normalized spacial score (nSPS) is 8.50. The molecule has 3 heteroatoms. The Hall–Kier alpha value is 0.00870. The van der Waals surface area contributed by atoms with Crippen LogP contribution in [0.1, 0.15) is 33.6 Å². The SMILES string of the molecule is C=CC(=O)[O-].CC[CH2][Sn+]([CH2]C)[CH2]CC. The summed E-state index contributed by atoms with van der Waals surface area (Å²) in [4.78, 5) is 9.14. The van der Waals surface area contributed by atoms with Crippen LogP contribution in [0.5, 0.6) is 0 Å². The molecular formula is C11H22O2Sn. The number of carbonyl (C=O) groups excluding carboxylic acids is 1. The molecule has 0 spiro atoms. The van der Waals surface area contributed by atoms with Crippen LogP contribution in [0.15, 0.2) is 12.7 Å². The topological polar surface area (TPSA) is 40.1 Å². The first-order valence-electron chi connectivity index (χ1n) is 5.29. The second-order valence-corrected chi connectivity index (χ2v) is 12.3. The third-order valence-electron chi connectivity index (χ3n) is 1.87. The number of aliphatic carboxylic acids is 1. The van der Waals surface area contributed by atoms with Crippen molar-refractivity contribution in [1.82, 2.24) is 0 Å². The Kier molecular flexibility index (Phi) is 15.3. The maximum absolute atomic E-state index is 9.14. The van der Waals surface area contributed by atoms with Gasteiger partial charge in [-0.3, -0.25) is 0 Å². The van der Waals surface area contributed by atoms with Gasteiger partial charge in [0.2, 0.25) is 0 Å². The number of carbonyl (C=O) groups is 1. The molecule has 0 aliphatic rings. The first kappa shape index (κ1) is 16.4. The summed E-state index contributed by atoms with van der Waals surface area (Å²) < 4.78 is 4.84. The fourth-order valence-corrected chi connectivity index (χ4v) is 7.95. The summed E-state index contributed by atoms with van der Waals surface area (Å²) in [5.41, 5.74) is 0. The van der Waals surface area contributed by atoms with E-state index in [9.17, 15) is 0 Å². The van der Waals surface area contributed by atoms with E-state index in [4.69, 9.17) is 9.90 Å². The molecule has 0 aliphatic heterocycles. The molecule has 14 heavy (non-hydrogen) atoms. The van der Waals surface area contributed by atoms with Gasteiger partial charge in [0.1, 0.15) is 0 Å². The van der Waals surface area contributed by atoms with Crippen molar-refractivity contribution in [1.29, 1.82) is 0 Å². The van der Waals surface area contributed by atoms with Gasteiger partial charge in [-0.05, 0) is 6.08 Å². The molecule has 0 radical (unpaired) electrons. The second-order valence-electron chi connectivity index (χ2n) is 3.13. The Morgan fingerprint density at radius 1 is 1.29 bits per heavy atom. The fraction of sp³-hybridized carbons (Fsp3) is 0.727. The van der Waals surface area contributed by atoms with E-state index in [0.717, 1.165) is 6.08 Å². The molecule has 0 heterocycles. The molecule has 0 bridgehead atoms. The zero-order valence-electron chi connectivity index (χ0n) is 9.64. The van der Waals surface area contributed by atoms with Crippen molar-refractivity contribution in [3.05, 3.63) is 12.7 Å². The second kappa shape index (κ2) is 13.0. The Morgan fingerprint density at radius 3 is 1.79 bits per heavy atom. The van der Waals surface area contributed by atoms with E-state index in [2.05, 4.69) is 27.4 Å². The van der Waals surface area contributed by atoms with E-state index < -0.39 is 25.7 Å². The molecule has 0 atom stereocenters. The van der Waals surface area contributed by atoms with Crippen LogP contribution in [0.3, 0.4) is 0 Å². The quantitative estimate of drug-likeness (QED) is 0.558. The molecule has 0 aromatic carbocycles. The van der Waals surface area contributed by atoms with E-state index in [-0.39, 0.29) is 0 Å². The first-order chi connectivity index (χ1) is 6.62. The van der Waals surface area contributed by atoms with Gasteiger partial charge in [-0.15, -0.1) is 0 Å².